The highest BCUT2D eigenvalue weighted by atomic mass is 19.2. The second kappa shape index (κ2) is 35.3. The van der Waals surface area contributed by atoms with Crippen LogP contribution in [0.1, 0.15) is 156 Å². The van der Waals surface area contributed by atoms with E-state index in [1.54, 1.807) is 70.3 Å². The lowest BCUT2D eigenvalue weighted by atomic mass is 10.1. The summed E-state index contributed by atoms with van der Waals surface area (Å²) >= 11 is 0. The number of aldehydes is 4. The van der Waals surface area contributed by atoms with Gasteiger partial charge in [-0.05, 0) is 23.7 Å². The Morgan fingerprint density at radius 3 is 0.990 bits per heavy atom. The number of aliphatic hydroxyl groups excluding tert-OH is 4. The van der Waals surface area contributed by atoms with Crippen molar-refractivity contribution in [1.82, 2.24) is 38.2 Å². The standard InChI is InChI=1S/4C15H20FN3O7/c4*1-7(2)10(17)13(23)25-6-15(16)3-9(21)12(26-15)19-4-8(5-20)11(22)18-14(19)24/h4*4-5,7,9-10,12,21H,3,6,17H2,1-2H3,(H,18,22,24)/t4*9-,10+,12-,15+/m1111/s1/i6D2,12D;12D;6D2;. The van der Waals surface area contributed by atoms with E-state index in [4.69, 9.17) is 59.6 Å². The van der Waals surface area contributed by atoms with E-state index in [9.17, 15) is 106 Å². The number of nitrogens with two attached hydrogens (primary N) is 4. The molecule has 40 nitrogen and oxygen atoms in total. The molecule has 16 N–H and O–H groups in total. The minimum absolute atomic E-state index is 0.0521. The molecule has 0 amide bonds. The summed E-state index contributed by atoms with van der Waals surface area (Å²) < 4.78 is 147. The molecular formula is C60H80F4N12O28. The predicted octanol–water partition coefficient (Wildman–Crippen LogP) is -4.72. The van der Waals surface area contributed by atoms with Gasteiger partial charge in [0, 0.05) is 50.5 Å². The van der Waals surface area contributed by atoms with Crippen LogP contribution in [0, 0.1) is 23.7 Å². The first-order valence-electron chi connectivity index (χ1n) is 33.8. The van der Waals surface area contributed by atoms with Crippen molar-refractivity contribution in [2.75, 3.05) is 26.3 Å². The van der Waals surface area contributed by atoms with E-state index >= 15 is 8.78 Å². The Morgan fingerprint density at radius 2 is 0.683 bits per heavy atom. The molecule has 0 saturated carbocycles. The van der Waals surface area contributed by atoms with E-state index in [1.807, 2.05) is 4.98 Å². The molecule has 4 aromatic heterocycles. The molecule has 16 atom stereocenters. The summed E-state index contributed by atoms with van der Waals surface area (Å²) in [7, 11) is 0. The van der Waals surface area contributed by atoms with Crippen LogP contribution < -0.4 is 67.9 Å². The van der Waals surface area contributed by atoms with Gasteiger partial charge in [-0.25, -0.2) is 36.7 Å². The number of ether oxygens (including phenoxy) is 8. The quantitative estimate of drug-likeness (QED) is 0.0136. The summed E-state index contributed by atoms with van der Waals surface area (Å²) in [6, 6.07) is -4.45. The SMILES string of the molecule is CC(C)[C@H](N)C(=O)OC[C@]1(F)C[C@@H](O)[C@H](n2cc(C=O)c(=O)[nH]c2=O)O1.[2H]C([2H])(OC(=O)[C@@H](N)C(C)C)[C@]1(F)C[C@@H](O)[C@H](n2cc(C=O)c(=O)[nH]c2=O)O1.[2H]C([2H])(OC(=O)[C@@H](N)C(C)C)[C@]1(F)C[C@@H](O)[C@]([2H])(n2cc(C=O)c(=O)[nH]c2=O)O1.[2H][C@@]1(n2cc(C=O)c(=O)[nH]c2=O)O[C@](F)(COC(=O)[C@@H](N)C(C)C)C[C@H]1O. The molecule has 4 fully saturated rings. The number of halogens is 4. The van der Waals surface area contributed by atoms with Crippen molar-refractivity contribution in [2.24, 2.45) is 46.6 Å². The summed E-state index contributed by atoms with van der Waals surface area (Å²) in [5.74, 6) is -17.8. The number of nitrogens with one attached hydrogen (secondary N) is 4. The lowest BCUT2D eigenvalue weighted by Gasteiger charge is -2.22. The van der Waals surface area contributed by atoms with Crippen LogP contribution in [-0.2, 0) is 57.1 Å². The van der Waals surface area contributed by atoms with Gasteiger partial charge < -0.3 is 81.3 Å². The molecule has 0 bridgehead atoms. The summed E-state index contributed by atoms with van der Waals surface area (Å²) in [5, 5.41) is 40.4. The van der Waals surface area contributed by atoms with Gasteiger partial charge in [-0.1, -0.05) is 55.4 Å². The van der Waals surface area contributed by atoms with E-state index in [1.165, 1.54) is 0 Å². The summed E-state index contributed by atoms with van der Waals surface area (Å²) in [6.45, 7) is 4.29. The Morgan fingerprint density at radius 1 is 0.452 bits per heavy atom. The highest BCUT2D eigenvalue weighted by Gasteiger charge is 2.53. The number of aliphatic hydroxyl groups is 4. The number of hydrogen-bond donors (Lipinski definition) is 12. The average Bonchev–Trinajstić information content (AvgIpc) is 1.57. The second-order valence-electron chi connectivity index (χ2n) is 24.8. The Bertz CT molecular complexity index is 4620. The third-order valence-electron chi connectivity index (χ3n) is 15.3. The van der Waals surface area contributed by atoms with Crippen LogP contribution in [0.15, 0.2) is 63.1 Å². The molecule has 44 heteroatoms. The van der Waals surface area contributed by atoms with E-state index in [0.29, 0.717) is 26.1 Å². The van der Waals surface area contributed by atoms with Gasteiger partial charge in [0.15, 0.2) is 76.3 Å². The summed E-state index contributed by atoms with van der Waals surface area (Å²) in [4.78, 5) is 191. The molecule has 0 unspecified atom stereocenters. The van der Waals surface area contributed by atoms with Crippen molar-refractivity contribution in [2.45, 2.75) is 178 Å². The van der Waals surface area contributed by atoms with Gasteiger partial charge in [0.05, 0.1) is 30.5 Å². The van der Waals surface area contributed by atoms with Crippen LogP contribution >= 0.6 is 0 Å². The lowest BCUT2D eigenvalue weighted by molar-refractivity contribution is -0.196. The normalized spacial score (nSPS) is 29.2. The maximum atomic E-state index is 15.3. The molecule has 4 aliphatic rings. The lowest BCUT2D eigenvalue weighted by Crippen LogP contribution is -2.40. The first-order valence-corrected chi connectivity index (χ1v) is 30.8. The van der Waals surface area contributed by atoms with Gasteiger partial charge in [0.2, 0.25) is 23.4 Å². The molecule has 8 rings (SSSR count). The third-order valence-corrected chi connectivity index (χ3v) is 15.3. The average molecular weight is 1500 g/mol. The molecular weight excluding hydrogens is 1410 g/mol. The van der Waals surface area contributed by atoms with Crippen molar-refractivity contribution in [3.8, 4) is 0 Å². The molecule has 104 heavy (non-hydrogen) atoms. The van der Waals surface area contributed by atoms with Crippen LogP contribution in [0.4, 0.5) is 17.6 Å². The Kier molecular flexibility index (Phi) is 25.7. The highest BCUT2D eigenvalue weighted by molar-refractivity contribution is 5.78. The second-order valence-corrected chi connectivity index (χ2v) is 24.8. The monoisotopic (exact) mass is 1500 g/mol. The summed E-state index contributed by atoms with van der Waals surface area (Å²) in [5.41, 5.74) is 11.6. The van der Waals surface area contributed by atoms with E-state index in [2.05, 4.69) is 9.47 Å². The molecule has 8 heterocycles. The largest absolute Gasteiger partial charge is 0.458 e. The number of hydrogen-bond acceptors (Lipinski definition) is 32. The van der Waals surface area contributed by atoms with Gasteiger partial charge in [-0.3, -0.25) is 95.7 Å². The molecule has 4 aliphatic heterocycles. The van der Waals surface area contributed by atoms with Crippen LogP contribution in [0.5, 0.6) is 0 Å². The van der Waals surface area contributed by atoms with E-state index in [-0.39, 0.29) is 41.5 Å². The zero-order valence-corrected chi connectivity index (χ0v) is 56.1. The van der Waals surface area contributed by atoms with E-state index < -0.39 is 252 Å². The van der Waals surface area contributed by atoms with Crippen molar-refractivity contribution >= 4 is 49.0 Å². The molecule has 0 radical (unpaired) electrons. The maximum absolute atomic E-state index is 15.3. The number of aromatic amines is 4. The summed E-state index contributed by atoms with van der Waals surface area (Å²) in [6.07, 6.45) is -16.5. The first-order chi connectivity index (χ1) is 50.5. The Hall–Kier alpha value is -9.48. The minimum atomic E-state index is -3.56. The number of nitrogens with zero attached hydrogens (tertiary/aromatic N) is 4. The Balaban J connectivity index is 0.000000263. The molecule has 0 spiro atoms. The fraction of sp³-hybridized carbons (Fsp3) is 0.600. The first kappa shape index (κ1) is 75.7. The fourth-order valence-electron chi connectivity index (χ4n) is 8.98. The van der Waals surface area contributed by atoms with Crippen LogP contribution in [0.3, 0.4) is 0 Å². The van der Waals surface area contributed by atoms with Crippen molar-refractivity contribution in [3.63, 3.8) is 0 Å². The fourth-order valence-corrected chi connectivity index (χ4v) is 8.98. The number of esters is 4. The molecule has 4 saturated heterocycles. The van der Waals surface area contributed by atoms with Crippen LogP contribution in [-0.4, -0.2) is 206 Å². The highest BCUT2D eigenvalue weighted by Crippen LogP contribution is 2.41. The molecule has 576 valence electrons. The number of aromatic nitrogens is 8. The Labute approximate surface area is 589 Å². The number of alkyl halides is 4. The van der Waals surface area contributed by atoms with Gasteiger partial charge in [-0.15, -0.1) is 0 Å². The van der Waals surface area contributed by atoms with Crippen molar-refractivity contribution in [1.29, 1.82) is 0 Å². The predicted molar refractivity (Wildman–Crippen MR) is 340 cm³/mol. The smallest absolute Gasteiger partial charge is 0.330 e. The topological polar surface area (TPSA) is 615 Å². The van der Waals surface area contributed by atoms with Gasteiger partial charge in [0.25, 0.3) is 22.2 Å². The van der Waals surface area contributed by atoms with Crippen LogP contribution in [0.2, 0.25) is 0 Å². The van der Waals surface area contributed by atoms with Crippen LogP contribution in [0.25, 0.3) is 0 Å². The number of rotatable bonds is 24. The molecule has 4 aromatic rings. The zero-order chi connectivity index (χ0) is 84.0. The minimum Gasteiger partial charge on any atom is -0.458 e. The maximum Gasteiger partial charge on any atom is 0.330 e. The number of H-pyrrole nitrogens is 4. The number of carbonyl (C=O) groups excluding carboxylic acids is 8. The number of carbonyl (C=O) groups is 8. The van der Waals surface area contributed by atoms with Gasteiger partial charge in [-0.2, -0.15) is 0 Å². The third kappa shape index (κ3) is 21.3. The van der Waals surface area contributed by atoms with Crippen molar-refractivity contribution < 1.29 is 122 Å². The van der Waals surface area contributed by atoms with E-state index in [0.717, 1.165) is 12.4 Å². The molecule has 0 aliphatic carbocycles. The molecule has 0 aromatic carbocycles. The van der Waals surface area contributed by atoms with Gasteiger partial charge in [0.1, 0.15) is 48.6 Å². The van der Waals surface area contributed by atoms with Gasteiger partial charge >= 0.3 is 46.6 Å². The zero-order valence-electron chi connectivity index (χ0n) is 62.1. The van der Waals surface area contributed by atoms with Crippen molar-refractivity contribution in [3.05, 3.63) is 130 Å².